The first-order chi connectivity index (χ1) is 7.69. The summed E-state index contributed by atoms with van der Waals surface area (Å²) in [4.78, 5) is 8.26. The zero-order chi connectivity index (χ0) is 12.0. The summed E-state index contributed by atoms with van der Waals surface area (Å²) in [5.41, 5.74) is 0. The van der Waals surface area contributed by atoms with E-state index >= 15 is 0 Å². The summed E-state index contributed by atoms with van der Waals surface area (Å²) in [6.07, 6.45) is 1.52. The second kappa shape index (κ2) is 6.65. The summed E-state index contributed by atoms with van der Waals surface area (Å²) in [7, 11) is 1.82. The minimum Gasteiger partial charge on any atom is -0.380 e. The fourth-order valence-electron chi connectivity index (χ4n) is 1.21. The van der Waals surface area contributed by atoms with Crippen LogP contribution in [0.3, 0.4) is 0 Å². The van der Waals surface area contributed by atoms with Crippen molar-refractivity contribution in [2.45, 2.75) is 19.9 Å². The molecule has 0 saturated heterocycles. The number of hydrogen-bond acceptors (Lipinski definition) is 5. The molecule has 1 rings (SSSR count). The molecule has 5 nitrogen and oxygen atoms in total. The predicted molar refractivity (Wildman–Crippen MR) is 68.9 cm³/mol. The molecule has 1 unspecified atom stereocenters. The van der Waals surface area contributed by atoms with Gasteiger partial charge in [0.05, 0.1) is 6.61 Å². The lowest BCUT2D eigenvalue weighted by atomic mass is 10.3. The van der Waals surface area contributed by atoms with Gasteiger partial charge in [-0.3, -0.25) is 0 Å². The standard InChI is InChI=1S/C10H17BrN4O/c1-4-16-5-7(2)15-10-8(11)9(12-3)13-6-14-10/h6-7H,4-5H2,1-3H3,(H2,12,13,14,15). The molecule has 2 N–H and O–H groups in total. The Kier molecular flexibility index (Phi) is 5.48. The fraction of sp³-hybridized carbons (Fsp3) is 0.600. The van der Waals surface area contributed by atoms with Crippen LogP contribution >= 0.6 is 15.9 Å². The van der Waals surface area contributed by atoms with Crippen molar-refractivity contribution >= 4 is 27.6 Å². The van der Waals surface area contributed by atoms with E-state index in [0.717, 1.165) is 22.7 Å². The molecule has 0 spiro atoms. The van der Waals surface area contributed by atoms with Gasteiger partial charge in [0.15, 0.2) is 0 Å². The highest BCUT2D eigenvalue weighted by Gasteiger charge is 2.09. The van der Waals surface area contributed by atoms with E-state index in [1.807, 2.05) is 20.9 Å². The Morgan fingerprint density at radius 3 is 2.75 bits per heavy atom. The quantitative estimate of drug-likeness (QED) is 0.840. The third-order valence-electron chi connectivity index (χ3n) is 1.98. The SMILES string of the molecule is CCOCC(C)Nc1ncnc(NC)c1Br. The van der Waals surface area contributed by atoms with Gasteiger partial charge < -0.3 is 15.4 Å². The summed E-state index contributed by atoms with van der Waals surface area (Å²) in [6, 6.07) is 0.204. The number of aromatic nitrogens is 2. The van der Waals surface area contributed by atoms with Crippen molar-refractivity contribution in [3.8, 4) is 0 Å². The number of nitrogens with zero attached hydrogens (tertiary/aromatic N) is 2. The first kappa shape index (κ1) is 13.2. The van der Waals surface area contributed by atoms with Crippen molar-refractivity contribution in [3.63, 3.8) is 0 Å². The highest BCUT2D eigenvalue weighted by atomic mass is 79.9. The molecule has 90 valence electrons. The van der Waals surface area contributed by atoms with Crippen LogP contribution < -0.4 is 10.6 Å². The molecule has 1 aromatic rings. The minimum atomic E-state index is 0.204. The number of nitrogens with one attached hydrogen (secondary N) is 2. The molecule has 0 bridgehead atoms. The summed E-state index contributed by atoms with van der Waals surface area (Å²) in [6.45, 7) is 5.40. The molecule has 1 aromatic heterocycles. The van der Waals surface area contributed by atoms with Crippen molar-refractivity contribution in [1.29, 1.82) is 0 Å². The molecule has 0 radical (unpaired) electrons. The van der Waals surface area contributed by atoms with Crippen LogP contribution in [0.25, 0.3) is 0 Å². The molecule has 0 aliphatic heterocycles. The largest absolute Gasteiger partial charge is 0.380 e. The Hall–Kier alpha value is -0.880. The Balaban J connectivity index is 2.66. The van der Waals surface area contributed by atoms with E-state index in [-0.39, 0.29) is 6.04 Å². The molecule has 0 fully saturated rings. The monoisotopic (exact) mass is 288 g/mol. The van der Waals surface area contributed by atoms with E-state index in [9.17, 15) is 0 Å². The van der Waals surface area contributed by atoms with Gasteiger partial charge in [-0.25, -0.2) is 9.97 Å². The van der Waals surface area contributed by atoms with Gasteiger partial charge in [0.25, 0.3) is 0 Å². The van der Waals surface area contributed by atoms with E-state index in [2.05, 4.69) is 36.5 Å². The highest BCUT2D eigenvalue weighted by molar-refractivity contribution is 9.10. The Bertz CT molecular complexity index is 335. The van der Waals surface area contributed by atoms with Gasteiger partial charge in [-0.15, -0.1) is 0 Å². The molecule has 0 amide bonds. The number of halogens is 1. The predicted octanol–water partition coefficient (Wildman–Crippen LogP) is 2.12. The van der Waals surface area contributed by atoms with Gasteiger partial charge in [-0.1, -0.05) is 0 Å². The normalized spacial score (nSPS) is 12.2. The average Bonchev–Trinajstić information content (AvgIpc) is 2.29. The van der Waals surface area contributed by atoms with Crippen molar-refractivity contribution in [1.82, 2.24) is 9.97 Å². The first-order valence-electron chi connectivity index (χ1n) is 5.21. The molecule has 0 aliphatic rings. The van der Waals surface area contributed by atoms with Crippen LogP contribution in [0.15, 0.2) is 10.8 Å². The van der Waals surface area contributed by atoms with Crippen LogP contribution in [0.5, 0.6) is 0 Å². The molecule has 16 heavy (non-hydrogen) atoms. The number of hydrogen-bond donors (Lipinski definition) is 2. The van der Waals surface area contributed by atoms with Crippen LogP contribution in [-0.2, 0) is 4.74 Å². The fourth-order valence-corrected chi connectivity index (χ4v) is 1.73. The Morgan fingerprint density at radius 2 is 2.12 bits per heavy atom. The molecule has 1 atom stereocenters. The molecule has 1 heterocycles. The van der Waals surface area contributed by atoms with Gasteiger partial charge in [-0.2, -0.15) is 0 Å². The molecule has 0 aliphatic carbocycles. The lowest BCUT2D eigenvalue weighted by Crippen LogP contribution is -2.22. The van der Waals surface area contributed by atoms with Gasteiger partial charge in [0.1, 0.15) is 22.4 Å². The average molecular weight is 289 g/mol. The number of rotatable bonds is 6. The zero-order valence-corrected chi connectivity index (χ0v) is 11.3. The second-order valence-electron chi connectivity index (χ2n) is 3.34. The molecule has 0 aromatic carbocycles. The zero-order valence-electron chi connectivity index (χ0n) is 9.75. The Labute approximate surface area is 104 Å². The Morgan fingerprint density at radius 1 is 1.44 bits per heavy atom. The van der Waals surface area contributed by atoms with Crippen LogP contribution in [0.2, 0.25) is 0 Å². The topological polar surface area (TPSA) is 59.1 Å². The highest BCUT2D eigenvalue weighted by Crippen LogP contribution is 2.26. The second-order valence-corrected chi connectivity index (χ2v) is 4.13. The van der Waals surface area contributed by atoms with Gasteiger partial charge in [0.2, 0.25) is 0 Å². The first-order valence-corrected chi connectivity index (χ1v) is 6.00. The third-order valence-corrected chi connectivity index (χ3v) is 2.73. The van der Waals surface area contributed by atoms with Crippen LogP contribution in [0.1, 0.15) is 13.8 Å². The molecule has 6 heteroatoms. The van der Waals surface area contributed by atoms with E-state index in [0.29, 0.717) is 6.61 Å². The molecular formula is C10H17BrN4O. The third kappa shape index (κ3) is 3.61. The minimum absolute atomic E-state index is 0.204. The van der Waals surface area contributed by atoms with E-state index in [4.69, 9.17) is 4.74 Å². The van der Waals surface area contributed by atoms with Crippen LogP contribution in [0, 0.1) is 0 Å². The number of ether oxygens (including phenoxy) is 1. The van der Waals surface area contributed by atoms with Crippen molar-refractivity contribution < 1.29 is 4.74 Å². The lowest BCUT2D eigenvalue weighted by Gasteiger charge is -2.16. The van der Waals surface area contributed by atoms with Gasteiger partial charge >= 0.3 is 0 Å². The summed E-state index contributed by atoms with van der Waals surface area (Å²) < 4.78 is 6.16. The molecule has 0 saturated carbocycles. The lowest BCUT2D eigenvalue weighted by molar-refractivity contribution is 0.141. The van der Waals surface area contributed by atoms with Gasteiger partial charge in [-0.05, 0) is 29.8 Å². The summed E-state index contributed by atoms with van der Waals surface area (Å²) in [5, 5.41) is 6.24. The van der Waals surface area contributed by atoms with E-state index in [1.165, 1.54) is 6.33 Å². The smallest absolute Gasteiger partial charge is 0.146 e. The maximum atomic E-state index is 5.33. The van der Waals surface area contributed by atoms with E-state index in [1.54, 1.807) is 0 Å². The van der Waals surface area contributed by atoms with Crippen molar-refractivity contribution in [2.24, 2.45) is 0 Å². The summed E-state index contributed by atoms with van der Waals surface area (Å²) >= 11 is 3.45. The van der Waals surface area contributed by atoms with Crippen molar-refractivity contribution in [3.05, 3.63) is 10.8 Å². The maximum Gasteiger partial charge on any atom is 0.146 e. The molecular weight excluding hydrogens is 272 g/mol. The van der Waals surface area contributed by atoms with Crippen LogP contribution in [0.4, 0.5) is 11.6 Å². The van der Waals surface area contributed by atoms with Crippen molar-refractivity contribution in [2.75, 3.05) is 30.9 Å². The van der Waals surface area contributed by atoms with Crippen LogP contribution in [-0.4, -0.2) is 36.3 Å². The summed E-state index contributed by atoms with van der Waals surface area (Å²) in [5.74, 6) is 1.53. The number of anilines is 2. The maximum absolute atomic E-state index is 5.33. The van der Waals surface area contributed by atoms with Gasteiger partial charge in [0, 0.05) is 19.7 Å². The van der Waals surface area contributed by atoms with E-state index < -0.39 is 0 Å².